The van der Waals surface area contributed by atoms with Gasteiger partial charge in [-0.3, -0.25) is 0 Å². The van der Waals surface area contributed by atoms with Crippen molar-refractivity contribution >= 4 is 21.6 Å². The van der Waals surface area contributed by atoms with Crippen molar-refractivity contribution < 1.29 is 17.9 Å². The second kappa shape index (κ2) is 5.97. The lowest BCUT2D eigenvalue weighted by Gasteiger charge is -2.19. The number of aliphatic hydroxyl groups excluding tert-OH is 1. The number of halogens is 2. The highest BCUT2D eigenvalue weighted by molar-refractivity contribution is 7.89. The third-order valence-electron chi connectivity index (χ3n) is 2.69. The molecule has 1 aromatic rings. The van der Waals surface area contributed by atoms with E-state index in [1.165, 1.54) is 12.1 Å². The molecule has 7 heteroatoms. The van der Waals surface area contributed by atoms with Crippen LogP contribution in [0.25, 0.3) is 0 Å². The van der Waals surface area contributed by atoms with E-state index in [1.807, 2.05) is 0 Å². The van der Waals surface area contributed by atoms with Crippen molar-refractivity contribution in [3.63, 3.8) is 0 Å². The lowest BCUT2D eigenvalue weighted by molar-refractivity contribution is 0.216. The molecule has 0 saturated heterocycles. The molecule has 4 nitrogen and oxygen atoms in total. The Kier molecular flexibility index (Phi) is 5.10. The molecule has 0 aliphatic carbocycles. The van der Waals surface area contributed by atoms with Crippen LogP contribution in [-0.4, -0.2) is 26.2 Å². The molecular weight excluding hydrogens is 281 g/mol. The summed E-state index contributed by atoms with van der Waals surface area (Å²) in [6, 6.07) is 3.26. The minimum absolute atomic E-state index is 0.165. The molecular formula is C11H15ClFNO3S. The van der Waals surface area contributed by atoms with E-state index in [-0.39, 0.29) is 17.5 Å². The molecule has 0 aliphatic heterocycles. The third kappa shape index (κ3) is 3.41. The van der Waals surface area contributed by atoms with Gasteiger partial charge in [-0.15, -0.1) is 0 Å². The number of benzene rings is 1. The monoisotopic (exact) mass is 295 g/mol. The normalized spacial score (nSPS) is 15.4. The van der Waals surface area contributed by atoms with Crippen LogP contribution < -0.4 is 4.72 Å². The molecule has 0 spiro atoms. The molecule has 102 valence electrons. The van der Waals surface area contributed by atoms with Crippen LogP contribution in [0.4, 0.5) is 4.39 Å². The molecule has 0 fully saturated rings. The molecule has 18 heavy (non-hydrogen) atoms. The Morgan fingerprint density at radius 1 is 1.44 bits per heavy atom. The Balaban J connectivity index is 3.04. The van der Waals surface area contributed by atoms with Crippen molar-refractivity contribution in [1.29, 1.82) is 0 Å². The zero-order valence-corrected chi connectivity index (χ0v) is 11.6. The van der Waals surface area contributed by atoms with Gasteiger partial charge in [0.25, 0.3) is 0 Å². The number of hydrogen-bond acceptors (Lipinski definition) is 3. The molecule has 0 aromatic heterocycles. The highest BCUT2D eigenvalue weighted by atomic mass is 35.5. The number of sulfonamides is 1. The summed E-state index contributed by atoms with van der Waals surface area (Å²) in [6.45, 7) is 3.12. The lowest BCUT2D eigenvalue weighted by Crippen LogP contribution is -2.38. The van der Waals surface area contributed by atoms with E-state index in [1.54, 1.807) is 13.8 Å². The first-order valence-corrected chi connectivity index (χ1v) is 7.23. The van der Waals surface area contributed by atoms with Crippen molar-refractivity contribution in [2.75, 3.05) is 6.61 Å². The zero-order chi connectivity index (χ0) is 13.9. The highest BCUT2D eigenvalue weighted by Crippen LogP contribution is 2.22. The van der Waals surface area contributed by atoms with E-state index in [2.05, 4.69) is 4.72 Å². The van der Waals surface area contributed by atoms with Gasteiger partial charge in [-0.1, -0.05) is 24.6 Å². The topological polar surface area (TPSA) is 66.4 Å². The van der Waals surface area contributed by atoms with Crippen LogP contribution in [0.5, 0.6) is 0 Å². The number of hydrogen-bond donors (Lipinski definition) is 2. The fourth-order valence-electron chi connectivity index (χ4n) is 1.27. The van der Waals surface area contributed by atoms with E-state index in [0.29, 0.717) is 0 Å². The summed E-state index contributed by atoms with van der Waals surface area (Å²) in [6.07, 6.45) is 0. The molecule has 2 unspecified atom stereocenters. The molecule has 0 aliphatic rings. The van der Waals surface area contributed by atoms with Crippen molar-refractivity contribution in [1.82, 2.24) is 4.72 Å². The summed E-state index contributed by atoms with van der Waals surface area (Å²) in [5.74, 6) is -1.25. The van der Waals surface area contributed by atoms with Gasteiger partial charge < -0.3 is 5.11 Å². The van der Waals surface area contributed by atoms with Crippen LogP contribution in [0.15, 0.2) is 23.1 Å². The molecule has 0 bridgehead atoms. The predicted octanol–water partition coefficient (Wildman–Crippen LogP) is 1.77. The fourth-order valence-corrected chi connectivity index (χ4v) is 2.96. The van der Waals surface area contributed by atoms with Crippen LogP contribution in [0.1, 0.15) is 13.8 Å². The maximum Gasteiger partial charge on any atom is 0.243 e. The Morgan fingerprint density at radius 2 is 2.06 bits per heavy atom. The van der Waals surface area contributed by atoms with E-state index < -0.39 is 26.8 Å². The lowest BCUT2D eigenvalue weighted by atomic mass is 10.1. The Labute approximate surface area is 111 Å². The summed E-state index contributed by atoms with van der Waals surface area (Å²) in [4.78, 5) is -0.494. The van der Waals surface area contributed by atoms with Gasteiger partial charge in [0.15, 0.2) is 5.82 Å². The van der Waals surface area contributed by atoms with E-state index in [4.69, 9.17) is 16.7 Å². The summed E-state index contributed by atoms with van der Waals surface area (Å²) >= 11 is 5.54. The van der Waals surface area contributed by atoms with E-state index in [0.717, 1.165) is 6.07 Å². The van der Waals surface area contributed by atoms with Crippen LogP contribution >= 0.6 is 11.6 Å². The number of nitrogens with one attached hydrogen (secondary N) is 1. The van der Waals surface area contributed by atoms with Crippen molar-refractivity contribution in [3.05, 3.63) is 29.0 Å². The predicted molar refractivity (Wildman–Crippen MR) is 67.4 cm³/mol. The molecule has 2 atom stereocenters. The van der Waals surface area contributed by atoms with Gasteiger partial charge in [0.1, 0.15) is 4.90 Å². The second-order valence-corrected chi connectivity index (χ2v) is 6.21. The second-order valence-electron chi connectivity index (χ2n) is 4.12. The molecule has 1 rings (SSSR count). The number of rotatable bonds is 5. The summed E-state index contributed by atoms with van der Waals surface area (Å²) < 4.78 is 39.8. The molecule has 0 heterocycles. The fraction of sp³-hybridized carbons (Fsp3) is 0.455. The maximum atomic E-state index is 13.6. The highest BCUT2D eigenvalue weighted by Gasteiger charge is 2.24. The molecule has 0 saturated carbocycles. The third-order valence-corrected chi connectivity index (χ3v) is 4.56. The van der Waals surface area contributed by atoms with E-state index in [9.17, 15) is 12.8 Å². The molecule has 0 radical (unpaired) electrons. The first-order valence-electron chi connectivity index (χ1n) is 5.36. The quantitative estimate of drug-likeness (QED) is 0.870. The molecule has 0 amide bonds. The smallest absolute Gasteiger partial charge is 0.243 e. The summed E-state index contributed by atoms with van der Waals surface area (Å²) in [7, 11) is -3.99. The maximum absolute atomic E-state index is 13.6. The van der Waals surface area contributed by atoms with Gasteiger partial charge in [-0.05, 0) is 25.0 Å². The zero-order valence-electron chi connectivity index (χ0n) is 10.0. The van der Waals surface area contributed by atoms with Crippen molar-refractivity contribution in [2.24, 2.45) is 5.92 Å². The average molecular weight is 296 g/mol. The van der Waals surface area contributed by atoms with Crippen LogP contribution in [0.3, 0.4) is 0 Å². The minimum Gasteiger partial charge on any atom is -0.396 e. The number of aliphatic hydroxyl groups is 1. The van der Waals surface area contributed by atoms with Crippen LogP contribution in [0.2, 0.25) is 5.02 Å². The Morgan fingerprint density at radius 3 is 2.61 bits per heavy atom. The van der Waals surface area contributed by atoms with Gasteiger partial charge in [0, 0.05) is 12.6 Å². The van der Waals surface area contributed by atoms with Crippen molar-refractivity contribution in [3.8, 4) is 0 Å². The Hall–Kier alpha value is -0.690. The van der Waals surface area contributed by atoms with Gasteiger partial charge in [0.05, 0.1) is 5.02 Å². The average Bonchev–Trinajstić information content (AvgIpc) is 2.30. The van der Waals surface area contributed by atoms with Crippen LogP contribution in [-0.2, 0) is 10.0 Å². The SMILES string of the molecule is CC(CO)C(C)NS(=O)(=O)c1cccc(Cl)c1F. The van der Waals surface area contributed by atoms with Gasteiger partial charge in [0.2, 0.25) is 10.0 Å². The first kappa shape index (κ1) is 15.4. The minimum atomic E-state index is -3.99. The first-order chi connectivity index (χ1) is 8.29. The summed E-state index contributed by atoms with van der Waals surface area (Å²) in [5, 5.41) is 8.69. The Bertz CT molecular complexity index is 521. The molecule has 2 N–H and O–H groups in total. The largest absolute Gasteiger partial charge is 0.396 e. The van der Waals surface area contributed by atoms with Gasteiger partial charge >= 0.3 is 0 Å². The summed E-state index contributed by atoms with van der Waals surface area (Å²) in [5.41, 5.74) is 0. The van der Waals surface area contributed by atoms with Crippen LogP contribution in [0, 0.1) is 11.7 Å². The van der Waals surface area contributed by atoms with Gasteiger partial charge in [-0.25, -0.2) is 17.5 Å². The van der Waals surface area contributed by atoms with Gasteiger partial charge in [-0.2, -0.15) is 0 Å². The van der Waals surface area contributed by atoms with Crippen molar-refractivity contribution in [2.45, 2.75) is 24.8 Å². The molecule has 1 aromatic carbocycles. The van der Waals surface area contributed by atoms with E-state index >= 15 is 0 Å². The standard InChI is InChI=1S/C11H15ClFNO3S/c1-7(6-15)8(2)14-18(16,17)10-5-3-4-9(12)11(10)13/h3-5,7-8,14-15H,6H2,1-2H3.